The molecular weight excluding hydrogens is 208 g/mol. The van der Waals surface area contributed by atoms with Gasteiger partial charge in [-0.2, -0.15) is 0 Å². The van der Waals surface area contributed by atoms with Gasteiger partial charge in [-0.15, -0.1) is 0 Å². The molecule has 1 unspecified atom stereocenters. The van der Waals surface area contributed by atoms with E-state index in [2.05, 4.69) is 0 Å². The molecule has 0 aliphatic rings. The number of rotatable bonds is 4. The zero-order valence-electron chi connectivity index (χ0n) is 6.29. The molecule has 12 heavy (non-hydrogen) atoms. The van der Waals surface area contributed by atoms with Crippen molar-refractivity contribution in [1.82, 2.24) is 0 Å². The van der Waals surface area contributed by atoms with Crippen LogP contribution in [0.2, 0.25) is 0 Å². The smallest absolute Gasteiger partial charge is 0.110 e. The van der Waals surface area contributed by atoms with Crippen molar-refractivity contribution in [1.29, 1.82) is 0 Å². The van der Waals surface area contributed by atoms with Crippen molar-refractivity contribution < 1.29 is 48.4 Å². The first-order chi connectivity index (χ1) is 4.63. The summed E-state index contributed by atoms with van der Waals surface area (Å²) in [5.74, 6) is 0. The average molecular weight is 222 g/mol. The van der Waals surface area contributed by atoms with Crippen LogP contribution in [0.4, 0.5) is 0 Å². The molecule has 0 heterocycles. The maximum Gasteiger partial charge on any atom is 0.110 e. The van der Waals surface area contributed by atoms with Crippen molar-refractivity contribution in [3.05, 3.63) is 0 Å². The van der Waals surface area contributed by atoms with Crippen molar-refractivity contribution in [2.45, 2.75) is 18.3 Å². The van der Waals surface area contributed by atoms with Crippen molar-refractivity contribution in [3.63, 3.8) is 0 Å². The SMILES string of the molecule is O.OC[C@@H](O)C(O)[C@@H](O)CO.[Cr]. The van der Waals surface area contributed by atoms with Crippen LogP contribution < -0.4 is 0 Å². The predicted molar refractivity (Wildman–Crippen MR) is 35.8 cm³/mol. The van der Waals surface area contributed by atoms with E-state index >= 15 is 0 Å². The quantitative estimate of drug-likeness (QED) is 0.333. The molecule has 7 N–H and O–H groups in total. The molecule has 0 rings (SSSR count). The van der Waals surface area contributed by atoms with Crippen LogP contribution in [-0.4, -0.2) is 62.5 Å². The van der Waals surface area contributed by atoms with Crippen molar-refractivity contribution in [2.75, 3.05) is 13.2 Å². The third-order valence-electron chi connectivity index (χ3n) is 1.16. The number of hydrogen-bond acceptors (Lipinski definition) is 5. The number of aliphatic hydroxyl groups is 5. The molecule has 0 amide bonds. The van der Waals surface area contributed by atoms with Gasteiger partial charge in [0.05, 0.1) is 13.2 Å². The van der Waals surface area contributed by atoms with Crippen LogP contribution in [0.25, 0.3) is 0 Å². The number of aliphatic hydroxyl groups excluding tert-OH is 5. The Kier molecular flexibility index (Phi) is 14.2. The van der Waals surface area contributed by atoms with Gasteiger partial charge < -0.3 is 31.0 Å². The van der Waals surface area contributed by atoms with E-state index in [1.807, 2.05) is 0 Å². The summed E-state index contributed by atoms with van der Waals surface area (Å²) < 4.78 is 0. The molecule has 0 saturated carbocycles. The molecule has 0 spiro atoms. The number of hydrogen-bond donors (Lipinski definition) is 5. The monoisotopic (exact) mass is 222 g/mol. The van der Waals surface area contributed by atoms with Gasteiger partial charge in [0, 0.05) is 17.4 Å². The Hall–Kier alpha value is 0.292. The zero-order chi connectivity index (χ0) is 8.15. The van der Waals surface area contributed by atoms with Crippen molar-refractivity contribution in [3.8, 4) is 0 Å². The topological polar surface area (TPSA) is 133 Å². The first-order valence-electron chi connectivity index (χ1n) is 2.89. The Morgan fingerprint density at radius 2 is 1.08 bits per heavy atom. The summed E-state index contributed by atoms with van der Waals surface area (Å²) in [6, 6.07) is 0. The third kappa shape index (κ3) is 5.88. The Balaban J connectivity index is -0.000000405. The van der Waals surface area contributed by atoms with E-state index in [0.717, 1.165) is 0 Å². The summed E-state index contributed by atoms with van der Waals surface area (Å²) in [5.41, 5.74) is 0. The second kappa shape index (κ2) is 9.38. The average Bonchev–Trinajstić information content (AvgIpc) is 2.00. The minimum absolute atomic E-state index is 0. The van der Waals surface area contributed by atoms with E-state index in [4.69, 9.17) is 25.5 Å². The fourth-order valence-corrected chi connectivity index (χ4v) is 0.472. The molecule has 7 heteroatoms. The van der Waals surface area contributed by atoms with E-state index in [1.54, 1.807) is 0 Å². The first kappa shape index (κ1) is 18.2. The fraction of sp³-hybridized carbons (Fsp3) is 1.00. The molecule has 0 aromatic heterocycles. The summed E-state index contributed by atoms with van der Waals surface area (Å²) >= 11 is 0. The predicted octanol–water partition coefficient (Wildman–Crippen LogP) is -3.77. The maximum atomic E-state index is 8.77. The molecule has 0 saturated heterocycles. The van der Waals surface area contributed by atoms with E-state index < -0.39 is 31.5 Å². The van der Waals surface area contributed by atoms with E-state index in [9.17, 15) is 0 Å². The minimum atomic E-state index is -1.49. The minimum Gasteiger partial charge on any atom is -0.412 e. The van der Waals surface area contributed by atoms with Gasteiger partial charge in [-0.05, 0) is 0 Å². The van der Waals surface area contributed by atoms with Gasteiger partial charge >= 0.3 is 0 Å². The van der Waals surface area contributed by atoms with E-state index in [-0.39, 0.29) is 22.8 Å². The molecule has 0 aliphatic heterocycles. The fourth-order valence-electron chi connectivity index (χ4n) is 0.472. The van der Waals surface area contributed by atoms with Crippen LogP contribution in [0.1, 0.15) is 0 Å². The Labute approximate surface area is 80.5 Å². The molecule has 0 aromatic carbocycles. The second-order valence-electron chi connectivity index (χ2n) is 1.99. The van der Waals surface area contributed by atoms with Crippen LogP contribution in [0.5, 0.6) is 0 Å². The van der Waals surface area contributed by atoms with Crippen molar-refractivity contribution in [2.24, 2.45) is 0 Å². The van der Waals surface area contributed by atoms with Gasteiger partial charge in [0.25, 0.3) is 0 Å². The van der Waals surface area contributed by atoms with Gasteiger partial charge in [0.1, 0.15) is 18.3 Å². The van der Waals surface area contributed by atoms with Gasteiger partial charge in [0.2, 0.25) is 0 Å². The molecule has 3 atom stereocenters. The van der Waals surface area contributed by atoms with Crippen LogP contribution in [0.15, 0.2) is 0 Å². The summed E-state index contributed by atoms with van der Waals surface area (Å²) in [7, 11) is 0. The van der Waals surface area contributed by atoms with E-state index in [0.29, 0.717) is 0 Å². The van der Waals surface area contributed by atoms with Crippen molar-refractivity contribution >= 4 is 0 Å². The second-order valence-corrected chi connectivity index (χ2v) is 1.99. The summed E-state index contributed by atoms with van der Waals surface area (Å²) in [6.07, 6.45) is -4.29. The molecular formula is C5H14CrO6. The summed E-state index contributed by atoms with van der Waals surface area (Å²) in [6.45, 7) is -1.28. The van der Waals surface area contributed by atoms with Crippen LogP contribution in [0, 0.1) is 0 Å². The molecule has 6 nitrogen and oxygen atoms in total. The van der Waals surface area contributed by atoms with Gasteiger partial charge in [-0.3, -0.25) is 0 Å². The van der Waals surface area contributed by atoms with Crippen LogP contribution in [0.3, 0.4) is 0 Å². The summed E-state index contributed by atoms with van der Waals surface area (Å²) in [5, 5.41) is 42.6. The zero-order valence-corrected chi connectivity index (χ0v) is 7.57. The molecule has 0 bridgehead atoms. The normalized spacial score (nSPS) is 16.8. The Bertz CT molecular complexity index is 82.0. The van der Waals surface area contributed by atoms with Crippen LogP contribution in [-0.2, 0) is 17.4 Å². The summed E-state index contributed by atoms with van der Waals surface area (Å²) in [4.78, 5) is 0. The largest absolute Gasteiger partial charge is 0.412 e. The van der Waals surface area contributed by atoms with Gasteiger partial charge in [-0.1, -0.05) is 0 Å². The van der Waals surface area contributed by atoms with Crippen LogP contribution >= 0.6 is 0 Å². The molecule has 0 aromatic rings. The Morgan fingerprint density at radius 3 is 1.25 bits per heavy atom. The molecule has 0 fully saturated rings. The third-order valence-corrected chi connectivity index (χ3v) is 1.16. The molecule has 0 radical (unpaired) electrons. The van der Waals surface area contributed by atoms with Gasteiger partial charge in [0.15, 0.2) is 0 Å². The Morgan fingerprint density at radius 1 is 0.833 bits per heavy atom. The maximum absolute atomic E-state index is 8.77. The van der Waals surface area contributed by atoms with E-state index in [1.165, 1.54) is 0 Å². The van der Waals surface area contributed by atoms with Gasteiger partial charge in [-0.25, -0.2) is 0 Å². The first-order valence-corrected chi connectivity index (χ1v) is 2.89. The standard InChI is InChI=1S/C5H12O5.Cr.H2O/c6-1-3(8)5(10)4(9)2-7;;/h3-10H,1-2H2;;1H2/t3-,4+,5?;;. The molecule has 0 aliphatic carbocycles. The molecule has 76 valence electrons.